The molecule has 0 spiro atoms. The lowest BCUT2D eigenvalue weighted by atomic mass is 10.3. The van der Waals surface area contributed by atoms with Crippen LogP contribution in [-0.4, -0.2) is 38.1 Å². The van der Waals surface area contributed by atoms with Crippen molar-refractivity contribution in [2.75, 3.05) is 32.5 Å². The first kappa shape index (κ1) is 16.8. The lowest BCUT2D eigenvalue weighted by Crippen LogP contribution is -2.31. The van der Waals surface area contributed by atoms with Crippen molar-refractivity contribution in [1.29, 1.82) is 0 Å². The zero-order valence-corrected chi connectivity index (χ0v) is 13.6. The van der Waals surface area contributed by atoms with Crippen LogP contribution in [0.3, 0.4) is 0 Å². The number of carbonyl (C=O) groups is 1. The van der Waals surface area contributed by atoms with Crippen molar-refractivity contribution < 1.29 is 9.53 Å². The molecule has 2 N–H and O–H groups in total. The molecule has 2 aromatic carbocycles. The lowest BCUT2D eigenvalue weighted by molar-refractivity contribution is 0.251. The van der Waals surface area contributed by atoms with E-state index in [-0.39, 0.29) is 6.03 Å². The maximum absolute atomic E-state index is 12.0. The Kier molecular flexibility index (Phi) is 6.44. The summed E-state index contributed by atoms with van der Waals surface area (Å²) in [4.78, 5) is 14.1. The molecule has 0 aliphatic carbocycles. The molecular weight excluding hydrogens is 290 g/mol. The number of nitrogens with zero attached hydrogens (tertiary/aromatic N) is 1. The van der Waals surface area contributed by atoms with Crippen LogP contribution in [0.5, 0.6) is 11.5 Å². The molecule has 5 nitrogen and oxygen atoms in total. The van der Waals surface area contributed by atoms with Gasteiger partial charge in [0.25, 0.3) is 0 Å². The normalized spacial score (nSPS) is 10.4. The smallest absolute Gasteiger partial charge is 0.319 e. The second-order valence-electron chi connectivity index (χ2n) is 5.45. The van der Waals surface area contributed by atoms with E-state index in [9.17, 15) is 4.79 Å². The summed E-state index contributed by atoms with van der Waals surface area (Å²) in [7, 11) is 4.02. The summed E-state index contributed by atoms with van der Waals surface area (Å²) < 4.78 is 5.82. The molecule has 0 atom stereocenters. The third-order valence-corrected chi connectivity index (χ3v) is 3.17. The zero-order chi connectivity index (χ0) is 16.5. The topological polar surface area (TPSA) is 53.6 Å². The molecule has 23 heavy (non-hydrogen) atoms. The van der Waals surface area contributed by atoms with E-state index in [0.29, 0.717) is 18.0 Å². The highest BCUT2D eigenvalue weighted by Crippen LogP contribution is 2.28. The summed E-state index contributed by atoms with van der Waals surface area (Å²) in [6, 6.07) is 16.6. The monoisotopic (exact) mass is 313 g/mol. The molecule has 2 rings (SSSR count). The van der Waals surface area contributed by atoms with Crippen molar-refractivity contribution in [3.8, 4) is 11.5 Å². The molecule has 0 unspecified atom stereocenters. The molecule has 0 aliphatic rings. The quantitative estimate of drug-likeness (QED) is 0.769. The van der Waals surface area contributed by atoms with Crippen LogP contribution in [0.2, 0.25) is 0 Å². The van der Waals surface area contributed by atoms with E-state index in [2.05, 4.69) is 15.5 Å². The Bertz CT molecular complexity index is 615. The minimum Gasteiger partial charge on any atom is -0.455 e. The fourth-order valence-electron chi connectivity index (χ4n) is 2.04. The van der Waals surface area contributed by atoms with E-state index >= 15 is 0 Å². The van der Waals surface area contributed by atoms with Crippen molar-refractivity contribution in [2.45, 2.75) is 6.42 Å². The predicted molar refractivity (Wildman–Crippen MR) is 93.2 cm³/mol. The van der Waals surface area contributed by atoms with Gasteiger partial charge in [-0.15, -0.1) is 0 Å². The fraction of sp³-hybridized carbons (Fsp3) is 0.278. The van der Waals surface area contributed by atoms with Gasteiger partial charge in [0.15, 0.2) is 5.75 Å². The average molecular weight is 313 g/mol. The van der Waals surface area contributed by atoms with Crippen LogP contribution >= 0.6 is 0 Å². The van der Waals surface area contributed by atoms with Crippen molar-refractivity contribution in [1.82, 2.24) is 10.2 Å². The van der Waals surface area contributed by atoms with Gasteiger partial charge in [0.05, 0.1) is 5.69 Å². The van der Waals surface area contributed by atoms with Crippen molar-refractivity contribution in [2.24, 2.45) is 0 Å². The summed E-state index contributed by atoms with van der Waals surface area (Å²) in [5.41, 5.74) is 0.640. The van der Waals surface area contributed by atoms with E-state index in [1.54, 1.807) is 0 Å². The summed E-state index contributed by atoms with van der Waals surface area (Å²) in [5.74, 6) is 1.34. The van der Waals surface area contributed by atoms with E-state index in [4.69, 9.17) is 4.74 Å². The molecule has 0 fully saturated rings. The van der Waals surface area contributed by atoms with Gasteiger partial charge in [-0.3, -0.25) is 0 Å². The average Bonchev–Trinajstić information content (AvgIpc) is 2.54. The standard InChI is InChI=1S/C18H23N3O2/c1-21(2)14-8-13-19-18(22)20-16-11-6-7-12-17(16)23-15-9-4-3-5-10-15/h3-7,9-12H,8,13-14H2,1-2H3,(H2,19,20,22). The van der Waals surface area contributed by atoms with E-state index in [1.165, 1.54) is 0 Å². The Labute approximate surface area is 137 Å². The molecular formula is C18H23N3O2. The molecule has 0 saturated heterocycles. The number of amides is 2. The lowest BCUT2D eigenvalue weighted by Gasteiger charge is -2.13. The number of rotatable bonds is 7. The van der Waals surface area contributed by atoms with E-state index in [0.717, 1.165) is 18.7 Å². The number of carbonyl (C=O) groups excluding carboxylic acids is 1. The van der Waals surface area contributed by atoms with Gasteiger partial charge >= 0.3 is 6.03 Å². The van der Waals surface area contributed by atoms with Crippen LogP contribution in [0, 0.1) is 0 Å². The minimum absolute atomic E-state index is 0.229. The summed E-state index contributed by atoms with van der Waals surface area (Å²) in [6.45, 7) is 1.57. The molecule has 2 amide bonds. The maximum atomic E-state index is 12.0. The highest BCUT2D eigenvalue weighted by molar-refractivity contribution is 5.90. The van der Waals surface area contributed by atoms with Crippen molar-refractivity contribution >= 4 is 11.7 Å². The summed E-state index contributed by atoms with van der Waals surface area (Å²) in [6.07, 6.45) is 0.905. The molecule has 0 saturated carbocycles. The first-order valence-corrected chi connectivity index (χ1v) is 7.66. The molecule has 5 heteroatoms. The van der Waals surface area contributed by atoms with Gasteiger partial charge in [0.1, 0.15) is 5.75 Å². The number of anilines is 1. The molecule has 0 radical (unpaired) electrons. The Morgan fingerprint density at radius 2 is 1.74 bits per heavy atom. The Morgan fingerprint density at radius 3 is 2.48 bits per heavy atom. The first-order valence-electron chi connectivity index (χ1n) is 7.66. The van der Waals surface area contributed by atoms with Gasteiger partial charge in [-0.2, -0.15) is 0 Å². The number of nitrogens with one attached hydrogen (secondary N) is 2. The fourth-order valence-corrected chi connectivity index (χ4v) is 2.04. The molecule has 0 aromatic heterocycles. The number of benzene rings is 2. The van der Waals surface area contributed by atoms with E-state index < -0.39 is 0 Å². The number of hydrogen-bond donors (Lipinski definition) is 2. The largest absolute Gasteiger partial charge is 0.455 e. The number of hydrogen-bond acceptors (Lipinski definition) is 3. The molecule has 0 bridgehead atoms. The first-order chi connectivity index (χ1) is 11.1. The second kappa shape index (κ2) is 8.80. The molecule has 2 aromatic rings. The van der Waals surface area contributed by atoms with Crippen LogP contribution in [0.25, 0.3) is 0 Å². The summed E-state index contributed by atoms with van der Waals surface area (Å²) >= 11 is 0. The van der Waals surface area contributed by atoms with Crippen molar-refractivity contribution in [3.63, 3.8) is 0 Å². The molecule has 0 aliphatic heterocycles. The van der Waals surface area contributed by atoms with Gasteiger partial charge in [-0.1, -0.05) is 30.3 Å². The number of para-hydroxylation sites is 3. The van der Waals surface area contributed by atoms with Gasteiger partial charge in [-0.05, 0) is 51.3 Å². The van der Waals surface area contributed by atoms with Gasteiger partial charge in [0.2, 0.25) is 0 Å². The predicted octanol–water partition coefficient (Wildman–Crippen LogP) is 3.55. The Hall–Kier alpha value is -2.53. The highest BCUT2D eigenvalue weighted by Gasteiger charge is 2.07. The summed E-state index contributed by atoms with van der Waals surface area (Å²) in [5, 5.41) is 5.68. The zero-order valence-electron chi connectivity index (χ0n) is 13.6. The van der Waals surface area contributed by atoms with Crippen LogP contribution in [0.4, 0.5) is 10.5 Å². The maximum Gasteiger partial charge on any atom is 0.319 e. The second-order valence-corrected chi connectivity index (χ2v) is 5.45. The SMILES string of the molecule is CN(C)CCCNC(=O)Nc1ccccc1Oc1ccccc1. The van der Waals surface area contributed by atoms with Crippen LogP contribution in [0.1, 0.15) is 6.42 Å². The Balaban J connectivity index is 1.91. The number of ether oxygens (including phenoxy) is 1. The molecule has 122 valence electrons. The van der Waals surface area contributed by atoms with Crippen LogP contribution in [0.15, 0.2) is 54.6 Å². The Morgan fingerprint density at radius 1 is 1.04 bits per heavy atom. The third kappa shape index (κ3) is 6.00. The van der Waals surface area contributed by atoms with Crippen LogP contribution in [-0.2, 0) is 0 Å². The van der Waals surface area contributed by atoms with Gasteiger partial charge < -0.3 is 20.3 Å². The van der Waals surface area contributed by atoms with Crippen LogP contribution < -0.4 is 15.4 Å². The highest BCUT2D eigenvalue weighted by atomic mass is 16.5. The van der Waals surface area contributed by atoms with E-state index in [1.807, 2.05) is 68.7 Å². The minimum atomic E-state index is -0.229. The van der Waals surface area contributed by atoms with Crippen molar-refractivity contribution in [3.05, 3.63) is 54.6 Å². The van der Waals surface area contributed by atoms with Gasteiger partial charge in [0, 0.05) is 6.54 Å². The van der Waals surface area contributed by atoms with Gasteiger partial charge in [-0.25, -0.2) is 4.79 Å². The third-order valence-electron chi connectivity index (χ3n) is 3.17. The number of urea groups is 1. The molecule has 0 heterocycles.